The van der Waals surface area contributed by atoms with Gasteiger partial charge in [-0.15, -0.1) is 11.8 Å². The van der Waals surface area contributed by atoms with Gasteiger partial charge in [-0.25, -0.2) is 0 Å². The Kier molecular flexibility index (Phi) is 4.26. The van der Waals surface area contributed by atoms with Crippen LogP contribution < -0.4 is 10.6 Å². The van der Waals surface area contributed by atoms with Crippen LogP contribution in [0.2, 0.25) is 0 Å². The number of thioether (sulfide) groups is 1. The van der Waals surface area contributed by atoms with Gasteiger partial charge in [0, 0.05) is 17.2 Å². The first kappa shape index (κ1) is 11.9. The van der Waals surface area contributed by atoms with Gasteiger partial charge in [0.1, 0.15) is 0 Å². The molecule has 4 heteroatoms. The van der Waals surface area contributed by atoms with Crippen molar-refractivity contribution in [3.05, 3.63) is 0 Å². The molecule has 82 valence electrons. The molecule has 0 saturated carbocycles. The summed E-state index contributed by atoms with van der Waals surface area (Å²) in [7, 11) is 0. The molecule has 1 unspecified atom stereocenters. The van der Waals surface area contributed by atoms with Crippen molar-refractivity contribution in [2.75, 3.05) is 11.6 Å². The number of rotatable bonds is 4. The Hall–Kier alpha value is -0.220. The van der Waals surface area contributed by atoms with Crippen molar-refractivity contribution >= 4 is 17.7 Å². The largest absolute Gasteiger partial charge is 0.350 e. The van der Waals surface area contributed by atoms with Crippen LogP contribution in [0.25, 0.3) is 0 Å². The SMILES string of the molecule is CCCC(C)(C)NC(=O)C1CSCN1. The lowest BCUT2D eigenvalue weighted by Gasteiger charge is -2.27. The van der Waals surface area contributed by atoms with E-state index in [2.05, 4.69) is 31.4 Å². The molecule has 1 aliphatic rings. The van der Waals surface area contributed by atoms with E-state index in [9.17, 15) is 4.79 Å². The Labute approximate surface area is 90.4 Å². The molecular weight excluding hydrogens is 196 g/mol. The molecule has 0 aromatic heterocycles. The minimum atomic E-state index is -0.0687. The van der Waals surface area contributed by atoms with Gasteiger partial charge in [0.25, 0.3) is 0 Å². The van der Waals surface area contributed by atoms with Crippen molar-refractivity contribution in [1.29, 1.82) is 0 Å². The number of carbonyl (C=O) groups excluding carboxylic acids is 1. The Bertz CT molecular complexity index is 200. The van der Waals surface area contributed by atoms with Gasteiger partial charge in [-0.2, -0.15) is 0 Å². The third-order valence-electron chi connectivity index (χ3n) is 2.37. The van der Waals surface area contributed by atoms with Crippen molar-refractivity contribution < 1.29 is 4.79 Å². The lowest BCUT2D eigenvalue weighted by atomic mass is 9.98. The van der Waals surface area contributed by atoms with Gasteiger partial charge in [0.2, 0.25) is 5.91 Å². The van der Waals surface area contributed by atoms with Crippen LogP contribution >= 0.6 is 11.8 Å². The van der Waals surface area contributed by atoms with Crippen LogP contribution in [0.1, 0.15) is 33.6 Å². The molecule has 0 aliphatic carbocycles. The highest BCUT2D eigenvalue weighted by Gasteiger charge is 2.27. The van der Waals surface area contributed by atoms with Crippen LogP contribution in [0.5, 0.6) is 0 Å². The van der Waals surface area contributed by atoms with Crippen molar-refractivity contribution in [3.8, 4) is 0 Å². The first-order valence-corrected chi connectivity index (χ1v) is 6.34. The highest BCUT2D eigenvalue weighted by molar-refractivity contribution is 7.99. The monoisotopic (exact) mass is 216 g/mol. The zero-order valence-corrected chi connectivity index (χ0v) is 10.0. The predicted molar refractivity (Wildman–Crippen MR) is 61.4 cm³/mol. The fourth-order valence-corrected chi connectivity index (χ4v) is 2.61. The molecular formula is C10H20N2OS. The van der Waals surface area contributed by atoms with E-state index in [0.717, 1.165) is 24.5 Å². The van der Waals surface area contributed by atoms with Gasteiger partial charge in [-0.1, -0.05) is 13.3 Å². The molecule has 14 heavy (non-hydrogen) atoms. The molecule has 1 aliphatic heterocycles. The van der Waals surface area contributed by atoms with E-state index in [-0.39, 0.29) is 17.5 Å². The molecule has 0 spiro atoms. The number of hydrogen-bond acceptors (Lipinski definition) is 3. The van der Waals surface area contributed by atoms with Gasteiger partial charge in [-0.3, -0.25) is 10.1 Å². The molecule has 1 saturated heterocycles. The number of nitrogens with one attached hydrogen (secondary N) is 2. The number of amides is 1. The van der Waals surface area contributed by atoms with Gasteiger partial charge in [0.05, 0.1) is 6.04 Å². The van der Waals surface area contributed by atoms with Gasteiger partial charge >= 0.3 is 0 Å². The molecule has 1 amide bonds. The zero-order chi connectivity index (χ0) is 10.6. The van der Waals surface area contributed by atoms with Gasteiger partial charge in [-0.05, 0) is 20.3 Å². The van der Waals surface area contributed by atoms with Crippen molar-refractivity contribution in [2.24, 2.45) is 0 Å². The second-order valence-electron chi connectivity index (χ2n) is 4.39. The van der Waals surface area contributed by atoms with E-state index < -0.39 is 0 Å². The average molecular weight is 216 g/mol. The quantitative estimate of drug-likeness (QED) is 0.745. The number of hydrogen-bond donors (Lipinski definition) is 2. The molecule has 0 radical (unpaired) electrons. The van der Waals surface area contributed by atoms with Gasteiger partial charge in [0.15, 0.2) is 0 Å². The Balaban J connectivity index is 2.38. The topological polar surface area (TPSA) is 41.1 Å². The van der Waals surface area contributed by atoms with Crippen LogP contribution in [-0.2, 0) is 4.79 Å². The normalized spacial score (nSPS) is 22.4. The van der Waals surface area contributed by atoms with Crippen LogP contribution in [0.4, 0.5) is 0 Å². The fraction of sp³-hybridized carbons (Fsp3) is 0.900. The first-order chi connectivity index (χ1) is 6.55. The summed E-state index contributed by atoms with van der Waals surface area (Å²) in [6.45, 7) is 6.30. The van der Waals surface area contributed by atoms with E-state index in [1.807, 2.05) is 0 Å². The second kappa shape index (κ2) is 5.03. The third kappa shape index (κ3) is 3.50. The maximum Gasteiger partial charge on any atom is 0.238 e. The summed E-state index contributed by atoms with van der Waals surface area (Å²) in [6, 6.07) is 0.0103. The van der Waals surface area contributed by atoms with Crippen molar-refractivity contribution in [3.63, 3.8) is 0 Å². The summed E-state index contributed by atoms with van der Waals surface area (Å²) in [5, 5.41) is 6.26. The molecule has 1 atom stereocenters. The van der Waals surface area contributed by atoms with Crippen molar-refractivity contribution in [2.45, 2.75) is 45.2 Å². The van der Waals surface area contributed by atoms with E-state index in [1.54, 1.807) is 11.8 Å². The zero-order valence-electron chi connectivity index (χ0n) is 9.22. The average Bonchev–Trinajstić information content (AvgIpc) is 2.53. The molecule has 1 heterocycles. The molecule has 1 rings (SSSR count). The molecule has 0 aromatic carbocycles. The molecule has 0 bridgehead atoms. The Morgan fingerprint density at radius 2 is 2.36 bits per heavy atom. The smallest absolute Gasteiger partial charge is 0.238 e. The summed E-state index contributed by atoms with van der Waals surface area (Å²) >= 11 is 1.78. The van der Waals surface area contributed by atoms with Crippen LogP contribution in [-0.4, -0.2) is 29.1 Å². The van der Waals surface area contributed by atoms with Crippen LogP contribution in [0, 0.1) is 0 Å². The minimum absolute atomic E-state index is 0.0103. The van der Waals surface area contributed by atoms with E-state index in [0.29, 0.717) is 0 Å². The molecule has 0 aromatic rings. The van der Waals surface area contributed by atoms with E-state index >= 15 is 0 Å². The maximum absolute atomic E-state index is 11.7. The summed E-state index contributed by atoms with van der Waals surface area (Å²) in [5.74, 6) is 1.94. The lowest BCUT2D eigenvalue weighted by Crippen LogP contribution is -2.51. The first-order valence-electron chi connectivity index (χ1n) is 5.18. The van der Waals surface area contributed by atoms with E-state index in [4.69, 9.17) is 0 Å². The summed E-state index contributed by atoms with van der Waals surface area (Å²) in [5.41, 5.74) is -0.0687. The summed E-state index contributed by atoms with van der Waals surface area (Å²) in [4.78, 5) is 11.7. The predicted octanol–water partition coefficient (Wildman–Crippen LogP) is 1.34. The standard InChI is InChI=1S/C10H20N2OS/c1-4-5-10(2,3)12-9(13)8-6-14-7-11-8/h8,11H,4-7H2,1-3H3,(H,12,13). The number of carbonyl (C=O) groups is 1. The van der Waals surface area contributed by atoms with Crippen LogP contribution in [0.3, 0.4) is 0 Å². The highest BCUT2D eigenvalue weighted by atomic mass is 32.2. The maximum atomic E-state index is 11.7. The molecule has 1 fully saturated rings. The third-order valence-corrected chi connectivity index (χ3v) is 3.31. The molecule has 3 nitrogen and oxygen atoms in total. The van der Waals surface area contributed by atoms with Crippen molar-refractivity contribution in [1.82, 2.24) is 10.6 Å². The highest BCUT2D eigenvalue weighted by Crippen LogP contribution is 2.14. The Morgan fingerprint density at radius 1 is 1.64 bits per heavy atom. The fourth-order valence-electron chi connectivity index (χ4n) is 1.67. The summed E-state index contributed by atoms with van der Waals surface area (Å²) < 4.78 is 0. The Morgan fingerprint density at radius 3 is 2.86 bits per heavy atom. The molecule has 2 N–H and O–H groups in total. The van der Waals surface area contributed by atoms with Crippen LogP contribution in [0.15, 0.2) is 0 Å². The van der Waals surface area contributed by atoms with E-state index in [1.165, 1.54) is 0 Å². The minimum Gasteiger partial charge on any atom is -0.350 e. The van der Waals surface area contributed by atoms with Gasteiger partial charge < -0.3 is 5.32 Å². The summed E-state index contributed by atoms with van der Waals surface area (Å²) in [6.07, 6.45) is 2.12. The second-order valence-corrected chi connectivity index (χ2v) is 5.43. The lowest BCUT2D eigenvalue weighted by molar-refractivity contribution is -0.124.